The molecule has 1 aliphatic rings. The van der Waals surface area contributed by atoms with Crippen LogP contribution in [-0.2, 0) is 4.79 Å². The highest BCUT2D eigenvalue weighted by Crippen LogP contribution is 2.43. The van der Waals surface area contributed by atoms with E-state index in [1.165, 1.54) is 0 Å². The molecule has 7 heteroatoms. The molecule has 1 N–H and O–H groups in total. The second kappa shape index (κ2) is 8.55. The Balaban J connectivity index is 2.16. The molecule has 5 nitrogen and oxygen atoms in total. The van der Waals surface area contributed by atoms with Crippen molar-refractivity contribution in [2.45, 2.75) is 5.37 Å². The lowest BCUT2D eigenvalue weighted by Gasteiger charge is -2.25. The quantitative estimate of drug-likeness (QED) is 0.729. The first-order valence-electron chi connectivity index (χ1n) is 7.03. The summed E-state index contributed by atoms with van der Waals surface area (Å²) in [4.78, 5) is 14.0. The summed E-state index contributed by atoms with van der Waals surface area (Å²) in [5, 5.41) is 8.78. The van der Waals surface area contributed by atoms with E-state index in [1.807, 2.05) is 23.1 Å². The van der Waals surface area contributed by atoms with Crippen LogP contribution in [0.4, 0.5) is 0 Å². The van der Waals surface area contributed by atoms with Crippen molar-refractivity contribution in [1.82, 2.24) is 4.90 Å². The van der Waals surface area contributed by atoms with E-state index in [0.29, 0.717) is 18.1 Å². The zero-order chi connectivity index (χ0) is 15.9. The van der Waals surface area contributed by atoms with Gasteiger partial charge in [-0.3, -0.25) is 4.79 Å². The van der Waals surface area contributed by atoms with E-state index in [1.54, 1.807) is 37.7 Å². The number of rotatable bonds is 8. The van der Waals surface area contributed by atoms with Gasteiger partial charge in [0.15, 0.2) is 0 Å². The standard InChI is InChI=1S/C15H21NO4S2/c1-19-11-3-4-13(20-2)12(9-11)15-16(14(18)10-22-15)5-7-21-8-6-17/h3-4,9,15,17H,5-8,10H2,1-2H3. The maximum absolute atomic E-state index is 12.2. The average molecular weight is 343 g/mol. The average Bonchev–Trinajstić information content (AvgIpc) is 2.91. The molecule has 1 atom stereocenters. The van der Waals surface area contributed by atoms with Crippen LogP contribution >= 0.6 is 23.5 Å². The zero-order valence-electron chi connectivity index (χ0n) is 12.8. The number of amides is 1. The van der Waals surface area contributed by atoms with Crippen molar-refractivity contribution in [3.63, 3.8) is 0 Å². The molecule has 0 saturated carbocycles. The number of methoxy groups -OCH3 is 2. The lowest BCUT2D eigenvalue weighted by atomic mass is 10.1. The second-order valence-corrected chi connectivity index (χ2v) is 6.99. The predicted molar refractivity (Wildman–Crippen MR) is 90.9 cm³/mol. The smallest absolute Gasteiger partial charge is 0.233 e. The molecule has 1 saturated heterocycles. The number of benzene rings is 1. The Morgan fingerprint density at radius 1 is 1.36 bits per heavy atom. The first-order valence-corrected chi connectivity index (χ1v) is 9.23. The van der Waals surface area contributed by atoms with Crippen LogP contribution in [0.1, 0.15) is 10.9 Å². The van der Waals surface area contributed by atoms with E-state index in [-0.39, 0.29) is 17.9 Å². The van der Waals surface area contributed by atoms with Crippen LogP contribution in [0, 0.1) is 0 Å². The minimum absolute atomic E-state index is 0.0488. The van der Waals surface area contributed by atoms with Crippen LogP contribution in [0.15, 0.2) is 18.2 Å². The molecule has 1 unspecified atom stereocenters. The molecular formula is C15H21NO4S2. The van der Waals surface area contributed by atoms with Gasteiger partial charge in [0.25, 0.3) is 0 Å². The van der Waals surface area contributed by atoms with E-state index in [4.69, 9.17) is 14.6 Å². The van der Waals surface area contributed by atoms with E-state index in [9.17, 15) is 4.79 Å². The summed E-state index contributed by atoms with van der Waals surface area (Å²) in [6, 6.07) is 5.66. The highest BCUT2D eigenvalue weighted by Gasteiger charge is 2.34. The Hall–Kier alpha value is -1.05. The maximum Gasteiger partial charge on any atom is 0.233 e. The van der Waals surface area contributed by atoms with Gasteiger partial charge >= 0.3 is 0 Å². The van der Waals surface area contributed by atoms with E-state index >= 15 is 0 Å². The fraction of sp³-hybridized carbons (Fsp3) is 0.533. The van der Waals surface area contributed by atoms with Crippen molar-refractivity contribution >= 4 is 29.4 Å². The third-order valence-corrected chi connectivity index (χ3v) is 5.56. The Morgan fingerprint density at radius 2 is 2.18 bits per heavy atom. The van der Waals surface area contributed by atoms with Gasteiger partial charge in [-0.1, -0.05) is 0 Å². The van der Waals surface area contributed by atoms with Gasteiger partial charge in [-0.15, -0.1) is 11.8 Å². The molecule has 0 spiro atoms. The fourth-order valence-corrected chi connectivity index (χ4v) is 4.21. The van der Waals surface area contributed by atoms with Gasteiger partial charge in [-0.2, -0.15) is 11.8 Å². The van der Waals surface area contributed by atoms with Crippen LogP contribution in [-0.4, -0.2) is 60.5 Å². The number of carbonyl (C=O) groups is 1. The normalized spacial score (nSPS) is 17.9. The zero-order valence-corrected chi connectivity index (χ0v) is 14.4. The highest BCUT2D eigenvalue weighted by molar-refractivity contribution is 8.00. The topological polar surface area (TPSA) is 59.0 Å². The second-order valence-electron chi connectivity index (χ2n) is 4.69. The SMILES string of the molecule is COc1ccc(OC)c(C2SCC(=O)N2CCSCCO)c1. The monoisotopic (exact) mass is 343 g/mol. The molecule has 1 fully saturated rings. The van der Waals surface area contributed by atoms with E-state index in [2.05, 4.69) is 0 Å². The minimum atomic E-state index is -0.0488. The number of ether oxygens (including phenoxy) is 2. The fourth-order valence-electron chi connectivity index (χ4n) is 2.32. The third kappa shape index (κ3) is 4.02. The van der Waals surface area contributed by atoms with Crippen LogP contribution in [0.25, 0.3) is 0 Å². The summed E-state index contributed by atoms with van der Waals surface area (Å²) in [7, 11) is 3.26. The van der Waals surface area contributed by atoms with Gasteiger partial charge in [-0.05, 0) is 18.2 Å². The predicted octanol–water partition coefficient (Wildman–Crippen LogP) is 2.00. The molecular weight excluding hydrogens is 322 g/mol. The Morgan fingerprint density at radius 3 is 2.86 bits per heavy atom. The van der Waals surface area contributed by atoms with Gasteiger partial charge < -0.3 is 19.5 Å². The first kappa shape index (κ1) is 17.3. The summed E-state index contributed by atoms with van der Waals surface area (Å²) in [5.74, 6) is 3.66. The summed E-state index contributed by atoms with van der Waals surface area (Å²) < 4.78 is 10.7. The molecule has 1 aromatic carbocycles. The van der Waals surface area contributed by atoms with E-state index < -0.39 is 0 Å². The van der Waals surface area contributed by atoms with Crippen molar-refractivity contribution in [1.29, 1.82) is 0 Å². The highest BCUT2D eigenvalue weighted by atomic mass is 32.2. The maximum atomic E-state index is 12.2. The number of hydrogen-bond donors (Lipinski definition) is 1. The molecule has 0 aromatic heterocycles. The van der Waals surface area contributed by atoms with Crippen LogP contribution in [0.5, 0.6) is 11.5 Å². The van der Waals surface area contributed by atoms with Crippen molar-refractivity contribution in [2.24, 2.45) is 0 Å². The van der Waals surface area contributed by atoms with Crippen molar-refractivity contribution in [3.8, 4) is 11.5 Å². The molecule has 0 bridgehead atoms. The summed E-state index contributed by atoms with van der Waals surface area (Å²) in [6.07, 6.45) is 0. The molecule has 1 aliphatic heterocycles. The van der Waals surface area contributed by atoms with Gasteiger partial charge in [0, 0.05) is 23.6 Å². The Bertz CT molecular complexity index is 512. The van der Waals surface area contributed by atoms with Gasteiger partial charge in [-0.25, -0.2) is 0 Å². The number of aliphatic hydroxyl groups is 1. The van der Waals surface area contributed by atoms with E-state index in [0.717, 1.165) is 22.8 Å². The van der Waals surface area contributed by atoms with Crippen LogP contribution < -0.4 is 9.47 Å². The molecule has 0 aliphatic carbocycles. The lowest BCUT2D eigenvalue weighted by Crippen LogP contribution is -2.30. The number of hydrogen-bond acceptors (Lipinski definition) is 6. The largest absolute Gasteiger partial charge is 0.497 e. The minimum Gasteiger partial charge on any atom is -0.497 e. The van der Waals surface area contributed by atoms with Gasteiger partial charge in [0.2, 0.25) is 5.91 Å². The molecule has 122 valence electrons. The van der Waals surface area contributed by atoms with Gasteiger partial charge in [0.1, 0.15) is 16.9 Å². The first-order chi connectivity index (χ1) is 10.7. The number of aliphatic hydroxyl groups excluding tert-OH is 1. The molecule has 22 heavy (non-hydrogen) atoms. The third-order valence-electron chi connectivity index (χ3n) is 3.38. The summed E-state index contributed by atoms with van der Waals surface area (Å²) in [5.41, 5.74) is 0.963. The number of thioether (sulfide) groups is 2. The van der Waals surface area contributed by atoms with Crippen molar-refractivity contribution < 1.29 is 19.4 Å². The summed E-state index contributed by atoms with van der Waals surface area (Å²) in [6.45, 7) is 0.835. The molecule has 1 heterocycles. The summed E-state index contributed by atoms with van der Waals surface area (Å²) >= 11 is 3.25. The Kier molecular flexibility index (Phi) is 6.72. The molecule has 0 radical (unpaired) electrons. The Labute approximate surface area is 139 Å². The van der Waals surface area contributed by atoms with Crippen molar-refractivity contribution in [2.75, 3.05) is 44.6 Å². The molecule has 1 aromatic rings. The number of nitrogens with zero attached hydrogens (tertiary/aromatic N) is 1. The molecule has 1 amide bonds. The van der Waals surface area contributed by atoms with Crippen LogP contribution in [0.2, 0.25) is 0 Å². The van der Waals surface area contributed by atoms with Crippen LogP contribution in [0.3, 0.4) is 0 Å². The molecule has 2 rings (SSSR count). The lowest BCUT2D eigenvalue weighted by molar-refractivity contribution is -0.127. The van der Waals surface area contributed by atoms with Gasteiger partial charge in [0.05, 0.1) is 26.6 Å². The van der Waals surface area contributed by atoms with Crippen molar-refractivity contribution in [3.05, 3.63) is 23.8 Å². The number of carbonyl (C=O) groups excluding carboxylic acids is 1.